The summed E-state index contributed by atoms with van der Waals surface area (Å²) < 4.78 is 0. The normalized spacial score (nSPS) is 18.4. The van der Waals surface area contributed by atoms with Gasteiger partial charge in [-0.05, 0) is 61.8 Å². The largest absolute Gasteiger partial charge is 0.351 e. The molecule has 0 saturated carbocycles. The number of rotatable bonds is 5. The predicted molar refractivity (Wildman–Crippen MR) is 123 cm³/mol. The number of nitrogens with zero attached hydrogens (tertiary/aromatic N) is 1. The van der Waals surface area contributed by atoms with Gasteiger partial charge in [0.1, 0.15) is 0 Å². The van der Waals surface area contributed by atoms with Crippen LogP contribution in [-0.4, -0.2) is 42.9 Å². The molecule has 0 bridgehead atoms. The third-order valence-corrected chi connectivity index (χ3v) is 6.56. The van der Waals surface area contributed by atoms with Gasteiger partial charge in [0.25, 0.3) is 11.8 Å². The van der Waals surface area contributed by atoms with Crippen LogP contribution >= 0.6 is 11.8 Å². The van der Waals surface area contributed by atoms with Gasteiger partial charge in [0.2, 0.25) is 0 Å². The summed E-state index contributed by atoms with van der Waals surface area (Å²) in [6.45, 7) is 3.84. The maximum atomic E-state index is 12.4. The molecule has 5 nitrogen and oxygen atoms in total. The van der Waals surface area contributed by atoms with Crippen LogP contribution in [0.4, 0.5) is 5.69 Å². The summed E-state index contributed by atoms with van der Waals surface area (Å²) in [4.78, 5) is 28.9. The Bertz CT molecular complexity index is 932. The molecule has 0 spiro atoms. The zero-order valence-electron chi connectivity index (χ0n) is 17.0. The molecule has 0 unspecified atom stereocenters. The third-order valence-electron chi connectivity index (χ3n) is 5.46. The molecule has 1 saturated heterocycles. The van der Waals surface area contributed by atoms with Crippen LogP contribution in [0.5, 0.6) is 0 Å². The molecule has 2 aliphatic rings. The lowest BCUT2D eigenvalue weighted by Crippen LogP contribution is -2.35. The van der Waals surface area contributed by atoms with Gasteiger partial charge in [-0.2, -0.15) is 0 Å². The third kappa shape index (κ3) is 5.32. The van der Waals surface area contributed by atoms with Crippen molar-refractivity contribution in [3.05, 3.63) is 64.6 Å². The van der Waals surface area contributed by atoms with Crippen LogP contribution in [0, 0.1) is 0 Å². The molecule has 0 radical (unpaired) electrons. The Morgan fingerprint density at radius 3 is 2.53 bits per heavy atom. The number of hydrogen-bond donors (Lipinski definition) is 2. The molecular weight excluding hydrogens is 394 g/mol. The highest BCUT2D eigenvalue weighted by molar-refractivity contribution is 8.04. The van der Waals surface area contributed by atoms with Crippen molar-refractivity contribution in [1.29, 1.82) is 0 Å². The van der Waals surface area contributed by atoms with Gasteiger partial charge in [-0.1, -0.05) is 48.9 Å². The highest BCUT2D eigenvalue weighted by Crippen LogP contribution is 2.38. The molecule has 2 aliphatic heterocycles. The van der Waals surface area contributed by atoms with Gasteiger partial charge >= 0.3 is 0 Å². The van der Waals surface area contributed by atoms with E-state index in [0.29, 0.717) is 17.0 Å². The van der Waals surface area contributed by atoms with Gasteiger partial charge in [-0.25, -0.2) is 0 Å². The van der Waals surface area contributed by atoms with Crippen LogP contribution in [-0.2, 0) is 4.79 Å². The Morgan fingerprint density at radius 1 is 1.03 bits per heavy atom. The minimum Gasteiger partial charge on any atom is -0.351 e. The van der Waals surface area contributed by atoms with Crippen molar-refractivity contribution in [2.24, 2.45) is 0 Å². The molecule has 0 aliphatic carbocycles. The maximum Gasteiger partial charge on any atom is 0.262 e. The van der Waals surface area contributed by atoms with Crippen molar-refractivity contribution in [2.75, 3.05) is 31.5 Å². The molecule has 2 aromatic carbocycles. The summed E-state index contributed by atoms with van der Waals surface area (Å²) >= 11 is 1.46. The molecule has 4 rings (SSSR count). The van der Waals surface area contributed by atoms with Crippen molar-refractivity contribution in [3.8, 4) is 0 Å². The van der Waals surface area contributed by atoms with Crippen LogP contribution in [0.15, 0.2) is 58.3 Å². The van der Waals surface area contributed by atoms with E-state index in [1.807, 2.05) is 54.6 Å². The zero-order valence-corrected chi connectivity index (χ0v) is 17.8. The first-order chi connectivity index (χ1) is 14.7. The van der Waals surface area contributed by atoms with Gasteiger partial charge in [0, 0.05) is 23.5 Å². The highest BCUT2D eigenvalue weighted by atomic mass is 32.2. The van der Waals surface area contributed by atoms with E-state index in [-0.39, 0.29) is 11.8 Å². The molecule has 0 atom stereocenters. The van der Waals surface area contributed by atoms with Crippen LogP contribution in [0.2, 0.25) is 0 Å². The number of benzene rings is 2. The van der Waals surface area contributed by atoms with Crippen LogP contribution in [0.1, 0.15) is 41.6 Å². The summed E-state index contributed by atoms with van der Waals surface area (Å²) in [6, 6.07) is 15.1. The van der Waals surface area contributed by atoms with Crippen molar-refractivity contribution in [3.63, 3.8) is 0 Å². The van der Waals surface area contributed by atoms with Gasteiger partial charge in [-0.3, -0.25) is 9.59 Å². The molecule has 0 aromatic heterocycles. The lowest BCUT2D eigenvalue weighted by Gasteiger charge is -2.19. The fraction of sp³-hybridized carbons (Fsp3) is 0.333. The van der Waals surface area contributed by atoms with E-state index in [0.717, 1.165) is 35.8 Å². The summed E-state index contributed by atoms with van der Waals surface area (Å²) in [5.74, 6) is -0.156. The van der Waals surface area contributed by atoms with Crippen molar-refractivity contribution in [1.82, 2.24) is 10.2 Å². The Morgan fingerprint density at radius 2 is 1.77 bits per heavy atom. The number of carbonyl (C=O) groups excluding carboxylic acids is 2. The topological polar surface area (TPSA) is 61.4 Å². The van der Waals surface area contributed by atoms with Gasteiger partial charge < -0.3 is 15.5 Å². The van der Waals surface area contributed by atoms with E-state index < -0.39 is 0 Å². The van der Waals surface area contributed by atoms with Gasteiger partial charge in [-0.15, -0.1) is 0 Å². The van der Waals surface area contributed by atoms with E-state index in [4.69, 9.17) is 0 Å². The fourth-order valence-corrected chi connectivity index (χ4v) is 4.73. The smallest absolute Gasteiger partial charge is 0.262 e. The number of fused-ring (bicyclic) bond motifs is 1. The number of likely N-dealkylation sites (tertiary alicyclic amines) is 1. The molecule has 2 aromatic rings. The molecule has 6 heteroatoms. The van der Waals surface area contributed by atoms with Gasteiger partial charge in [0.05, 0.1) is 10.6 Å². The summed E-state index contributed by atoms with van der Waals surface area (Å²) in [5.41, 5.74) is 2.38. The van der Waals surface area contributed by atoms with E-state index in [1.54, 1.807) is 0 Å². The molecule has 2 amide bonds. The number of carbonyl (C=O) groups is 2. The summed E-state index contributed by atoms with van der Waals surface area (Å²) in [5, 5.41) is 5.94. The second-order valence-electron chi connectivity index (χ2n) is 7.69. The van der Waals surface area contributed by atoms with Crippen LogP contribution in [0.25, 0.3) is 6.08 Å². The average Bonchev–Trinajstić information content (AvgIpc) is 3.03. The minimum atomic E-state index is -0.103. The lowest BCUT2D eigenvalue weighted by atomic mass is 10.1. The second kappa shape index (κ2) is 9.96. The molecule has 30 heavy (non-hydrogen) atoms. The number of anilines is 1. The second-order valence-corrected chi connectivity index (χ2v) is 8.78. The quantitative estimate of drug-likeness (QED) is 0.704. The van der Waals surface area contributed by atoms with Crippen LogP contribution in [0.3, 0.4) is 0 Å². The monoisotopic (exact) mass is 421 g/mol. The average molecular weight is 422 g/mol. The number of nitrogens with one attached hydrogen (secondary N) is 2. The Kier molecular flexibility index (Phi) is 6.87. The molecular formula is C24H27N3O2S. The van der Waals surface area contributed by atoms with Gasteiger partial charge in [0.15, 0.2) is 0 Å². The molecule has 2 N–H and O–H groups in total. The number of para-hydroxylation sites is 1. The molecule has 2 heterocycles. The lowest BCUT2D eigenvalue weighted by molar-refractivity contribution is -0.112. The van der Waals surface area contributed by atoms with E-state index in [1.165, 1.54) is 37.4 Å². The zero-order chi connectivity index (χ0) is 20.8. The van der Waals surface area contributed by atoms with Crippen molar-refractivity contribution in [2.45, 2.75) is 30.6 Å². The van der Waals surface area contributed by atoms with Crippen LogP contribution < -0.4 is 10.6 Å². The Balaban J connectivity index is 1.33. The minimum absolute atomic E-state index is 0.0530. The number of amides is 2. The Labute approximate surface area is 181 Å². The first-order valence-electron chi connectivity index (χ1n) is 10.6. The van der Waals surface area contributed by atoms with E-state index in [2.05, 4.69) is 15.5 Å². The Hall–Kier alpha value is -2.57. The SMILES string of the molecule is O=C1Nc2ccccc2S/C1=C/c1ccc(C(=O)NCCN2CCCCCC2)cc1. The van der Waals surface area contributed by atoms with E-state index >= 15 is 0 Å². The summed E-state index contributed by atoms with van der Waals surface area (Å²) in [7, 11) is 0. The van der Waals surface area contributed by atoms with E-state index in [9.17, 15) is 9.59 Å². The molecule has 1 fully saturated rings. The fourth-order valence-electron chi connectivity index (χ4n) is 3.77. The highest BCUT2D eigenvalue weighted by Gasteiger charge is 2.20. The van der Waals surface area contributed by atoms with Crippen molar-refractivity contribution >= 4 is 35.3 Å². The standard InChI is InChI=1S/C24H27N3O2S/c28-23(25-13-16-27-14-5-1-2-6-15-27)19-11-9-18(10-12-19)17-22-24(29)26-20-7-3-4-8-21(20)30-22/h3-4,7-12,17H,1-2,5-6,13-16H2,(H,25,28)(H,26,29)/b22-17+. The first-order valence-corrected chi connectivity index (χ1v) is 11.4. The predicted octanol–water partition coefficient (Wildman–Crippen LogP) is 4.38. The number of hydrogen-bond acceptors (Lipinski definition) is 4. The maximum absolute atomic E-state index is 12.4. The number of thioether (sulfide) groups is 1. The first kappa shape index (κ1) is 20.7. The molecule has 156 valence electrons. The van der Waals surface area contributed by atoms with Crippen molar-refractivity contribution < 1.29 is 9.59 Å². The summed E-state index contributed by atoms with van der Waals surface area (Å²) in [6.07, 6.45) is 7.01.